The Labute approximate surface area is 108 Å². The molecule has 0 aliphatic carbocycles. The van der Waals surface area contributed by atoms with Crippen molar-refractivity contribution in [2.45, 2.75) is 12.6 Å². The van der Waals surface area contributed by atoms with Crippen LogP contribution in [-0.4, -0.2) is 61.1 Å². The number of aromatic amines is 2. The zero-order valence-electron chi connectivity index (χ0n) is 10.2. The molecule has 3 rings (SSSR count). The van der Waals surface area contributed by atoms with Crippen molar-refractivity contribution in [2.75, 3.05) is 19.7 Å². The number of aromatic nitrogens is 4. The highest BCUT2D eigenvalue weighted by atomic mass is 16.3. The van der Waals surface area contributed by atoms with E-state index in [-0.39, 0.29) is 23.6 Å². The zero-order chi connectivity index (χ0) is 13.4. The van der Waals surface area contributed by atoms with Crippen molar-refractivity contribution in [3.05, 3.63) is 22.4 Å². The summed E-state index contributed by atoms with van der Waals surface area (Å²) in [7, 11) is 0. The van der Waals surface area contributed by atoms with Gasteiger partial charge in [-0.3, -0.25) is 14.8 Å². The number of aliphatic hydroxyl groups excluding tert-OH is 2. The first kappa shape index (κ1) is 12.3. The van der Waals surface area contributed by atoms with E-state index in [0.29, 0.717) is 25.2 Å². The van der Waals surface area contributed by atoms with E-state index in [1.54, 1.807) is 0 Å². The molecule has 0 unspecified atom stereocenters. The van der Waals surface area contributed by atoms with Crippen LogP contribution in [0.1, 0.15) is 5.69 Å². The molecule has 1 fully saturated rings. The number of β-amino-alcohol motifs (C(OH)–C–C–N with tert-alkyl or cyclic N) is 1. The molecular formula is C11H15N5O3. The summed E-state index contributed by atoms with van der Waals surface area (Å²) < 4.78 is 0. The van der Waals surface area contributed by atoms with Gasteiger partial charge < -0.3 is 15.2 Å². The molecule has 0 amide bonds. The molecule has 0 saturated carbocycles. The maximum atomic E-state index is 11.5. The second kappa shape index (κ2) is 4.72. The van der Waals surface area contributed by atoms with Gasteiger partial charge in [0.2, 0.25) is 0 Å². The first-order valence-electron chi connectivity index (χ1n) is 6.11. The predicted molar refractivity (Wildman–Crippen MR) is 66.4 cm³/mol. The summed E-state index contributed by atoms with van der Waals surface area (Å²) in [6.45, 7) is 1.59. The number of aliphatic hydroxyl groups is 2. The van der Waals surface area contributed by atoms with E-state index in [1.807, 2.05) is 4.90 Å². The van der Waals surface area contributed by atoms with Gasteiger partial charge in [-0.05, 0) is 0 Å². The van der Waals surface area contributed by atoms with Gasteiger partial charge in [-0.2, -0.15) is 5.10 Å². The lowest BCUT2D eigenvalue weighted by molar-refractivity contribution is 0.103. The van der Waals surface area contributed by atoms with Gasteiger partial charge >= 0.3 is 0 Å². The molecule has 2 aromatic heterocycles. The molecule has 1 aliphatic rings. The van der Waals surface area contributed by atoms with Crippen LogP contribution in [0, 0.1) is 5.92 Å². The Bertz CT molecular complexity index is 637. The van der Waals surface area contributed by atoms with Gasteiger partial charge in [-0.25, -0.2) is 4.98 Å². The normalized spacial score (nSPS) is 24.3. The third kappa shape index (κ3) is 2.14. The van der Waals surface area contributed by atoms with E-state index >= 15 is 0 Å². The molecule has 1 saturated heterocycles. The monoisotopic (exact) mass is 265 g/mol. The van der Waals surface area contributed by atoms with Crippen molar-refractivity contribution in [1.82, 2.24) is 25.1 Å². The van der Waals surface area contributed by atoms with Gasteiger partial charge in [0, 0.05) is 32.2 Å². The predicted octanol–water partition coefficient (Wildman–Crippen LogP) is -1.57. The minimum atomic E-state index is -0.518. The van der Waals surface area contributed by atoms with E-state index in [1.165, 1.54) is 6.33 Å². The average Bonchev–Trinajstić information content (AvgIpc) is 2.95. The van der Waals surface area contributed by atoms with Crippen LogP contribution in [0.3, 0.4) is 0 Å². The fourth-order valence-electron chi connectivity index (χ4n) is 2.48. The molecule has 8 nitrogen and oxygen atoms in total. The molecule has 0 bridgehead atoms. The highest BCUT2D eigenvalue weighted by Crippen LogP contribution is 2.20. The summed E-state index contributed by atoms with van der Waals surface area (Å²) in [5.41, 5.74) is 1.30. The Kier molecular flexibility index (Phi) is 3.05. The fraction of sp³-hybridized carbons (Fsp3) is 0.545. The molecule has 0 spiro atoms. The van der Waals surface area contributed by atoms with Crippen molar-refractivity contribution in [2.24, 2.45) is 5.92 Å². The Morgan fingerprint density at radius 1 is 1.42 bits per heavy atom. The highest BCUT2D eigenvalue weighted by Gasteiger charge is 2.31. The lowest BCUT2D eigenvalue weighted by Crippen LogP contribution is -2.22. The quantitative estimate of drug-likeness (QED) is 0.532. The number of rotatable bonds is 3. The average molecular weight is 265 g/mol. The molecular weight excluding hydrogens is 250 g/mol. The lowest BCUT2D eigenvalue weighted by Gasteiger charge is -2.13. The van der Waals surface area contributed by atoms with Crippen LogP contribution in [0.2, 0.25) is 0 Å². The Balaban J connectivity index is 1.83. The smallest absolute Gasteiger partial charge is 0.279 e. The van der Waals surface area contributed by atoms with Crippen LogP contribution in [0.15, 0.2) is 11.1 Å². The summed E-state index contributed by atoms with van der Waals surface area (Å²) in [5.74, 6) is -0.120. The Hall–Kier alpha value is -1.77. The van der Waals surface area contributed by atoms with Crippen LogP contribution in [0.4, 0.5) is 0 Å². The maximum Gasteiger partial charge on any atom is 0.279 e. The molecule has 4 N–H and O–H groups in total. The van der Waals surface area contributed by atoms with Gasteiger partial charge in [0.25, 0.3) is 5.56 Å². The molecule has 1 aliphatic heterocycles. The molecule has 3 heterocycles. The number of H-pyrrole nitrogens is 2. The van der Waals surface area contributed by atoms with Crippen molar-refractivity contribution in [3.8, 4) is 0 Å². The van der Waals surface area contributed by atoms with Gasteiger partial charge in [-0.1, -0.05) is 0 Å². The third-order valence-electron chi connectivity index (χ3n) is 3.52. The summed E-state index contributed by atoms with van der Waals surface area (Å²) >= 11 is 0. The first-order valence-corrected chi connectivity index (χ1v) is 6.11. The van der Waals surface area contributed by atoms with E-state index in [9.17, 15) is 9.90 Å². The van der Waals surface area contributed by atoms with Crippen LogP contribution in [0.5, 0.6) is 0 Å². The number of nitrogens with one attached hydrogen (secondary N) is 2. The van der Waals surface area contributed by atoms with Crippen molar-refractivity contribution in [3.63, 3.8) is 0 Å². The SMILES string of the molecule is O=c1[nH]cnc2c(CN3C[C@H](CO)[C@@H](O)C3)[nH]nc12. The summed E-state index contributed by atoms with van der Waals surface area (Å²) in [5, 5.41) is 25.6. The van der Waals surface area contributed by atoms with Crippen molar-refractivity contribution >= 4 is 11.0 Å². The molecule has 102 valence electrons. The molecule has 0 aromatic carbocycles. The maximum absolute atomic E-state index is 11.5. The second-order valence-corrected chi connectivity index (χ2v) is 4.84. The van der Waals surface area contributed by atoms with Gasteiger partial charge in [0.05, 0.1) is 18.1 Å². The van der Waals surface area contributed by atoms with Gasteiger partial charge in [0.15, 0.2) is 5.52 Å². The highest BCUT2D eigenvalue weighted by molar-refractivity contribution is 5.75. The summed E-state index contributed by atoms with van der Waals surface area (Å²) in [4.78, 5) is 20.1. The van der Waals surface area contributed by atoms with Gasteiger partial charge in [-0.15, -0.1) is 0 Å². The lowest BCUT2D eigenvalue weighted by atomic mass is 10.1. The molecule has 19 heavy (non-hydrogen) atoms. The van der Waals surface area contributed by atoms with Crippen molar-refractivity contribution in [1.29, 1.82) is 0 Å². The zero-order valence-corrected chi connectivity index (χ0v) is 10.2. The molecule has 2 atom stereocenters. The number of hydrogen-bond acceptors (Lipinski definition) is 6. The van der Waals surface area contributed by atoms with E-state index in [4.69, 9.17) is 5.11 Å². The molecule has 0 radical (unpaired) electrons. The standard InChI is InChI=1S/C11H15N5O3/c17-4-6-1-16(3-8(6)18)2-7-9-10(15-14-7)11(19)13-5-12-9/h5-6,8,17-18H,1-4H2,(H,14,15)(H,12,13,19)/t6-,8+/m1/s1. The fourth-order valence-corrected chi connectivity index (χ4v) is 2.48. The van der Waals surface area contributed by atoms with Gasteiger partial charge in [0.1, 0.15) is 5.52 Å². The first-order chi connectivity index (χ1) is 9.19. The summed E-state index contributed by atoms with van der Waals surface area (Å²) in [6, 6.07) is 0. The number of fused-ring (bicyclic) bond motifs is 1. The van der Waals surface area contributed by atoms with E-state index in [0.717, 1.165) is 5.69 Å². The Morgan fingerprint density at radius 3 is 3.00 bits per heavy atom. The summed E-state index contributed by atoms with van der Waals surface area (Å²) in [6.07, 6.45) is 0.828. The minimum Gasteiger partial charge on any atom is -0.396 e. The number of hydrogen-bond donors (Lipinski definition) is 4. The second-order valence-electron chi connectivity index (χ2n) is 4.84. The van der Waals surface area contributed by atoms with Crippen LogP contribution in [-0.2, 0) is 6.54 Å². The topological polar surface area (TPSA) is 118 Å². The van der Waals surface area contributed by atoms with Crippen molar-refractivity contribution < 1.29 is 10.2 Å². The van der Waals surface area contributed by atoms with E-state index < -0.39 is 6.10 Å². The van der Waals surface area contributed by atoms with Crippen LogP contribution < -0.4 is 5.56 Å². The van der Waals surface area contributed by atoms with Crippen LogP contribution >= 0.6 is 0 Å². The largest absolute Gasteiger partial charge is 0.396 e. The van der Waals surface area contributed by atoms with Crippen LogP contribution in [0.25, 0.3) is 11.0 Å². The number of nitrogens with zero attached hydrogens (tertiary/aromatic N) is 3. The minimum absolute atomic E-state index is 0.0285. The number of likely N-dealkylation sites (tertiary alicyclic amines) is 1. The third-order valence-corrected chi connectivity index (χ3v) is 3.52. The molecule has 2 aromatic rings. The Morgan fingerprint density at radius 2 is 2.26 bits per heavy atom. The van der Waals surface area contributed by atoms with E-state index in [2.05, 4.69) is 20.2 Å². The molecule has 8 heteroatoms.